The third-order valence-corrected chi connectivity index (χ3v) is 7.44. The van der Waals surface area contributed by atoms with Gasteiger partial charge in [0, 0.05) is 11.6 Å². The van der Waals surface area contributed by atoms with Gasteiger partial charge in [-0.15, -0.1) is 0 Å². The summed E-state index contributed by atoms with van der Waals surface area (Å²) in [5, 5.41) is 3.38. The summed E-state index contributed by atoms with van der Waals surface area (Å²) in [7, 11) is -4.01. The van der Waals surface area contributed by atoms with Crippen LogP contribution in [0.1, 0.15) is 11.1 Å². The molecule has 0 aliphatic rings. The lowest BCUT2D eigenvalue weighted by molar-refractivity contribution is -0.119. The van der Waals surface area contributed by atoms with E-state index in [-0.39, 0.29) is 18.0 Å². The summed E-state index contributed by atoms with van der Waals surface area (Å²) in [6, 6.07) is 29.4. The summed E-state index contributed by atoms with van der Waals surface area (Å²) >= 11 is 5.92. The highest BCUT2D eigenvalue weighted by atomic mass is 35.5. The van der Waals surface area contributed by atoms with E-state index in [1.165, 1.54) is 12.1 Å². The minimum atomic E-state index is -4.01. The number of nitrogens with one attached hydrogen (secondary N) is 1. The number of carbonyl (C=O) groups is 1. The Kier molecular flexibility index (Phi) is 7.93. The van der Waals surface area contributed by atoms with Crippen LogP contribution in [0, 0.1) is 6.92 Å². The first kappa shape index (κ1) is 25.3. The average Bonchev–Trinajstić information content (AvgIpc) is 2.88. The maximum absolute atomic E-state index is 13.6. The van der Waals surface area contributed by atoms with Crippen molar-refractivity contribution in [2.75, 3.05) is 10.8 Å². The molecule has 4 aromatic carbocycles. The second-order valence-corrected chi connectivity index (χ2v) is 10.4. The maximum atomic E-state index is 13.6. The fourth-order valence-corrected chi connectivity index (χ4v) is 4.99. The van der Waals surface area contributed by atoms with E-state index in [0.717, 1.165) is 15.4 Å². The van der Waals surface area contributed by atoms with Crippen molar-refractivity contribution >= 4 is 33.2 Å². The number of hydrogen-bond donors (Lipinski definition) is 1. The van der Waals surface area contributed by atoms with Crippen LogP contribution >= 0.6 is 11.6 Å². The van der Waals surface area contributed by atoms with Gasteiger partial charge in [0.15, 0.2) is 0 Å². The van der Waals surface area contributed by atoms with E-state index in [1.54, 1.807) is 60.7 Å². The summed E-state index contributed by atoms with van der Waals surface area (Å²) in [5.41, 5.74) is 2.13. The first-order valence-corrected chi connectivity index (χ1v) is 13.1. The number of aryl methyl sites for hydroxylation is 1. The molecule has 0 atom stereocenters. The Hall–Kier alpha value is -3.81. The van der Waals surface area contributed by atoms with Crippen LogP contribution in [0.3, 0.4) is 0 Å². The highest BCUT2D eigenvalue weighted by molar-refractivity contribution is 7.92. The van der Waals surface area contributed by atoms with Crippen LogP contribution in [0.15, 0.2) is 108 Å². The number of carbonyl (C=O) groups excluding carboxylic acids is 1. The number of nitrogens with zero attached hydrogens (tertiary/aromatic N) is 1. The molecule has 4 rings (SSSR count). The Bertz CT molecular complexity index is 1410. The van der Waals surface area contributed by atoms with E-state index in [1.807, 2.05) is 37.3 Å². The highest BCUT2D eigenvalue weighted by Crippen LogP contribution is 2.28. The monoisotopic (exact) mass is 520 g/mol. The zero-order valence-electron chi connectivity index (χ0n) is 19.6. The number of benzene rings is 4. The summed E-state index contributed by atoms with van der Waals surface area (Å²) in [4.78, 5) is 12.9. The molecule has 0 radical (unpaired) electrons. The van der Waals surface area contributed by atoms with E-state index >= 15 is 0 Å². The molecule has 0 fully saturated rings. The van der Waals surface area contributed by atoms with Crippen LogP contribution in [-0.2, 0) is 21.4 Å². The van der Waals surface area contributed by atoms with Crippen LogP contribution in [0.5, 0.6) is 11.5 Å². The van der Waals surface area contributed by atoms with Gasteiger partial charge in [0.2, 0.25) is 5.91 Å². The van der Waals surface area contributed by atoms with Crippen molar-refractivity contribution in [3.8, 4) is 11.5 Å². The van der Waals surface area contributed by atoms with Gasteiger partial charge in [-0.2, -0.15) is 0 Å². The molecule has 0 aromatic heterocycles. The number of halogens is 1. The third-order valence-electron chi connectivity index (χ3n) is 5.40. The fraction of sp³-hybridized carbons (Fsp3) is 0.107. The van der Waals surface area contributed by atoms with Gasteiger partial charge in [-0.05, 0) is 73.2 Å². The van der Waals surface area contributed by atoms with Gasteiger partial charge in [-0.25, -0.2) is 8.42 Å². The predicted molar refractivity (Wildman–Crippen MR) is 142 cm³/mol. The molecule has 0 unspecified atom stereocenters. The van der Waals surface area contributed by atoms with Gasteiger partial charge in [0.25, 0.3) is 10.0 Å². The van der Waals surface area contributed by atoms with Gasteiger partial charge in [-0.1, -0.05) is 59.6 Å². The summed E-state index contributed by atoms with van der Waals surface area (Å²) < 4.78 is 34.0. The predicted octanol–water partition coefficient (Wildman–Crippen LogP) is 5.95. The van der Waals surface area contributed by atoms with E-state index in [4.69, 9.17) is 16.3 Å². The van der Waals surface area contributed by atoms with Gasteiger partial charge < -0.3 is 10.1 Å². The molecule has 8 heteroatoms. The summed E-state index contributed by atoms with van der Waals surface area (Å²) in [6.45, 7) is 1.74. The Morgan fingerprint density at radius 3 is 2.08 bits per heavy atom. The molecule has 0 bridgehead atoms. The van der Waals surface area contributed by atoms with E-state index in [9.17, 15) is 13.2 Å². The van der Waals surface area contributed by atoms with E-state index < -0.39 is 15.9 Å². The van der Waals surface area contributed by atoms with Crippen LogP contribution in [-0.4, -0.2) is 20.9 Å². The lowest BCUT2D eigenvalue weighted by atomic mass is 10.2. The number of anilines is 1. The molecule has 1 N–H and O–H groups in total. The lowest BCUT2D eigenvalue weighted by Crippen LogP contribution is -2.40. The molecular weight excluding hydrogens is 496 g/mol. The van der Waals surface area contributed by atoms with Crippen LogP contribution < -0.4 is 14.4 Å². The van der Waals surface area contributed by atoms with E-state index in [2.05, 4.69) is 5.32 Å². The molecular formula is C28H25ClN2O4S. The molecule has 0 aliphatic heterocycles. The number of para-hydroxylation sites is 1. The molecule has 1 amide bonds. The molecule has 0 heterocycles. The largest absolute Gasteiger partial charge is 0.457 e. The van der Waals surface area contributed by atoms with Gasteiger partial charge >= 0.3 is 0 Å². The maximum Gasteiger partial charge on any atom is 0.264 e. The molecule has 0 aliphatic carbocycles. The summed E-state index contributed by atoms with van der Waals surface area (Å²) in [5.74, 6) is 0.769. The van der Waals surface area contributed by atoms with Crippen molar-refractivity contribution in [3.63, 3.8) is 0 Å². The Balaban J connectivity index is 1.57. The zero-order valence-corrected chi connectivity index (χ0v) is 21.2. The fourth-order valence-electron chi connectivity index (χ4n) is 3.45. The molecule has 6 nitrogen and oxygen atoms in total. The van der Waals surface area contributed by atoms with Crippen molar-refractivity contribution in [1.29, 1.82) is 0 Å². The van der Waals surface area contributed by atoms with Crippen molar-refractivity contribution in [2.45, 2.75) is 18.4 Å². The minimum absolute atomic E-state index is 0.100. The lowest BCUT2D eigenvalue weighted by Gasteiger charge is -2.24. The molecule has 4 aromatic rings. The third kappa shape index (κ3) is 6.44. The number of ether oxygens (including phenoxy) is 1. The van der Waals surface area contributed by atoms with Gasteiger partial charge in [0.1, 0.15) is 18.0 Å². The standard InChI is InChI=1S/C28H25ClN2O4S/c1-21-7-17-27(18-8-21)36(33,34)31(20-28(32)30-19-22-9-11-23(29)12-10-22)24-13-15-26(16-14-24)35-25-5-3-2-4-6-25/h2-18H,19-20H2,1H3,(H,30,32). The Morgan fingerprint density at radius 2 is 1.44 bits per heavy atom. The van der Waals surface area contributed by atoms with Gasteiger partial charge in [-0.3, -0.25) is 9.10 Å². The number of rotatable bonds is 9. The zero-order chi connectivity index (χ0) is 25.5. The van der Waals surface area contributed by atoms with Crippen LogP contribution in [0.25, 0.3) is 0 Å². The number of sulfonamides is 1. The molecule has 36 heavy (non-hydrogen) atoms. The van der Waals surface area contributed by atoms with Crippen LogP contribution in [0.4, 0.5) is 5.69 Å². The quantitative estimate of drug-likeness (QED) is 0.296. The second kappa shape index (κ2) is 11.3. The molecule has 0 saturated carbocycles. The van der Waals surface area contributed by atoms with Crippen molar-refractivity contribution in [1.82, 2.24) is 5.32 Å². The number of amides is 1. The smallest absolute Gasteiger partial charge is 0.264 e. The van der Waals surface area contributed by atoms with Crippen LogP contribution in [0.2, 0.25) is 5.02 Å². The normalized spacial score (nSPS) is 11.1. The molecule has 184 valence electrons. The number of hydrogen-bond acceptors (Lipinski definition) is 4. The molecule has 0 spiro atoms. The van der Waals surface area contributed by atoms with Crippen molar-refractivity contribution < 1.29 is 17.9 Å². The minimum Gasteiger partial charge on any atom is -0.457 e. The molecule has 0 saturated heterocycles. The average molecular weight is 521 g/mol. The topological polar surface area (TPSA) is 75.7 Å². The highest BCUT2D eigenvalue weighted by Gasteiger charge is 2.27. The van der Waals surface area contributed by atoms with E-state index in [0.29, 0.717) is 22.2 Å². The second-order valence-electron chi connectivity index (χ2n) is 8.14. The first-order chi connectivity index (χ1) is 17.3. The Labute approximate surface area is 216 Å². The summed E-state index contributed by atoms with van der Waals surface area (Å²) in [6.07, 6.45) is 0. The van der Waals surface area contributed by atoms with Gasteiger partial charge in [0.05, 0.1) is 10.6 Å². The SMILES string of the molecule is Cc1ccc(S(=O)(=O)N(CC(=O)NCc2ccc(Cl)cc2)c2ccc(Oc3ccccc3)cc2)cc1. The Morgan fingerprint density at radius 1 is 0.833 bits per heavy atom. The van der Waals surface area contributed by atoms with Crippen molar-refractivity contribution in [3.05, 3.63) is 119 Å². The van der Waals surface area contributed by atoms with Crippen molar-refractivity contribution in [2.24, 2.45) is 0 Å². The first-order valence-electron chi connectivity index (χ1n) is 11.2.